The quantitative estimate of drug-likeness (QED) is 0.581. The molecule has 128 valence electrons. The molecule has 0 aliphatic carbocycles. The summed E-state index contributed by atoms with van der Waals surface area (Å²) in [6.07, 6.45) is 0. The van der Waals surface area contributed by atoms with E-state index in [1.807, 2.05) is 19.9 Å². The summed E-state index contributed by atoms with van der Waals surface area (Å²) in [6, 6.07) is 7.99. The second-order valence-electron chi connectivity index (χ2n) is 5.90. The van der Waals surface area contributed by atoms with Gasteiger partial charge in [-0.2, -0.15) is 5.10 Å². The van der Waals surface area contributed by atoms with Crippen LogP contribution in [0.4, 0.5) is 11.4 Å². The van der Waals surface area contributed by atoms with Gasteiger partial charge in [-0.25, -0.2) is 0 Å². The maximum atomic E-state index is 12.4. The summed E-state index contributed by atoms with van der Waals surface area (Å²) in [5.74, 6) is -0.260. The van der Waals surface area contributed by atoms with Crippen molar-refractivity contribution >= 4 is 28.2 Å². The Morgan fingerprint density at radius 1 is 1.20 bits per heavy atom. The van der Waals surface area contributed by atoms with Gasteiger partial charge >= 0.3 is 0 Å². The average molecular weight is 339 g/mol. The van der Waals surface area contributed by atoms with E-state index in [1.165, 1.54) is 12.1 Å². The Labute approximate surface area is 143 Å². The molecule has 0 bridgehead atoms. The topological polar surface area (TPSA) is 103 Å². The van der Waals surface area contributed by atoms with Crippen molar-refractivity contribution in [3.8, 4) is 0 Å². The summed E-state index contributed by atoms with van der Waals surface area (Å²) in [5.41, 5.74) is 3.48. The summed E-state index contributed by atoms with van der Waals surface area (Å²) in [6.45, 7) is 5.61. The largest absolute Gasteiger partial charge is 0.324 e. The Morgan fingerprint density at radius 2 is 1.96 bits per heavy atom. The normalized spacial score (nSPS) is 10.8. The van der Waals surface area contributed by atoms with Crippen molar-refractivity contribution in [2.24, 2.45) is 0 Å². The molecular formula is C17H17N5O3. The number of fused-ring (bicyclic) bond motifs is 1. The maximum absolute atomic E-state index is 12.4. The van der Waals surface area contributed by atoms with E-state index in [0.717, 1.165) is 11.4 Å². The summed E-state index contributed by atoms with van der Waals surface area (Å²) >= 11 is 0. The number of carbonyl (C=O) groups is 1. The highest BCUT2D eigenvalue weighted by Gasteiger charge is 2.14. The van der Waals surface area contributed by atoms with Gasteiger partial charge in [-0.3, -0.25) is 24.6 Å². The van der Waals surface area contributed by atoms with Crippen LogP contribution >= 0.6 is 0 Å². The number of pyridine rings is 1. The molecule has 3 rings (SSSR count). The van der Waals surface area contributed by atoms with E-state index in [-0.39, 0.29) is 18.1 Å². The second-order valence-corrected chi connectivity index (χ2v) is 5.90. The van der Waals surface area contributed by atoms with Gasteiger partial charge in [0.1, 0.15) is 6.54 Å². The number of hydrogen-bond acceptors (Lipinski definition) is 5. The van der Waals surface area contributed by atoms with E-state index in [2.05, 4.69) is 15.4 Å². The van der Waals surface area contributed by atoms with Crippen molar-refractivity contribution in [3.05, 3.63) is 57.5 Å². The molecule has 0 saturated carbocycles. The van der Waals surface area contributed by atoms with E-state index in [0.29, 0.717) is 22.3 Å². The second kappa shape index (κ2) is 6.31. The fraction of sp³-hybridized carbons (Fsp3) is 0.235. The molecular weight excluding hydrogens is 322 g/mol. The highest BCUT2D eigenvalue weighted by Crippen LogP contribution is 2.27. The van der Waals surface area contributed by atoms with Gasteiger partial charge in [0.15, 0.2) is 0 Å². The summed E-state index contributed by atoms with van der Waals surface area (Å²) in [7, 11) is 0. The minimum Gasteiger partial charge on any atom is -0.324 e. The molecule has 0 unspecified atom stereocenters. The van der Waals surface area contributed by atoms with Crippen molar-refractivity contribution < 1.29 is 9.72 Å². The first-order valence-electron chi connectivity index (χ1n) is 7.70. The number of benzene rings is 1. The first kappa shape index (κ1) is 16.6. The number of nitrogens with one attached hydrogen (secondary N) is 1. The molecule has 1 amide bonds. The number of nitro groups is 1. The Hall–Kier alpha value is -3.29. The highest BCUT2D eigenvalue weighted by molar-refractivity contribution is 6.01. The number of non-ortho nitro benzene ring substituents is 1. The number of anilines is 1. The molecule has 3 aromatic rings. The lowest BCUT2D eigenvalue weighted by molar-refractivity contribution is -0.384. The molecule has 8 nitrogen and oxygen atoms in total. The third kappa shape index (κ3) is 3.47. The van der Waals surface area contributed by atoms with Crippen LogP contribution < -0.4 is 5.32 Å². The minimum absolute atomic E-state index is 0.0489. The summed E-state index contributed by atoms with van der Waals surface area (Å²) in [4.78, 5) is 27.3. The van der Waals surface area contributed by atoms with Gasteiger partial charge in [-0.05, 0) is 39.0 Å². The van der Waals surface area contributed by atoms with Crippen LogP contribution in [-0.2, 0) is 11.3 Å². The molecule has 0 aliphatic rings. The first-order chi connectivity index (χ1) is 11.8. The number of nitro benzene ring substituents is 1. The van der Waals surface area contributed by atoms with E-state index in [4.69, 9.17) is 0 Å². The molecule has 0 radical (unpaired) electrons. The Morgan fingerprint density at radius 3 is 2.60 bits per heavy atom. The van der Waals surface area contributed by atoms with Crippen molar-refractivity contribution in [1.29, 1.82) is 0 Å². The van der Waals surface area contributed by atoms with Gasteiger partial charge in [-0.1, -0.05) is 0 Å². The molecule has 1 aromatic carbocycles. The van der Waals surface area contributed by atoms with Gasteiger partial charge in [0.2, 0.25) is 5.91 Å². The lowest BCUT2D eigenvalue weighted by Gasteiger charge is -2.10. The lowest BCUT2D eigenvalue weighted by Crippen LogP contribution is -2.20. The monoisotopic (exact) mass is 339 g/mol. The minimum atomic E-state index is -0.471. The predicted octanol–water partition coefficient (Wildman–Crippen LogP) is 2.90. The van der Waals surface area contributed by atoms with Crippen LogP contribution in [0.3, 0.4) is 0 Å². The average Bonchev–Trinajstić information content (AvgIpc) is 2.84. The molecule has 8 heteroatoms. The smallest absolute Gasteiger partial charge is 0.270 e. The van der Waals surface area contributed by atoms with Crippen LogP contribution in [-0.4, -0.2) is 25.6 Å². The number of amides is 1. The van der Waals surface area contributed by atoms with Crippen LogP contribution in [0.2, 0.25) is 0 Å². The van der Waals surface area contributed by atoms with Crippen LogP contribution in [0.15, 0.2) is 30.3 Å². The third-order valence-electron chi connectivity index (χ3n) is 3.80. The van der Waals surface area contributed by atoms with Gasteiger partial charge in [0.25, 0.3) is 5.69 Å². The summed E-state index contributed by atoms with van der Waals surface area (Å²) in [5, 5.41) is 18.6. The summed E-state index contributed by atoms with van der Waals surface area (Å²) < 4.78 is 1.61. The van der Waals surface area contributed by atoms with E-state index in [9.17, 15) is 14.9 Å². The van der Waals surface area contributed by atoms with Crippen molar-refractivity contribution in [2.45, 2.75) is 27.3 Å². The number of carbonyl (C=O) groups excluding carboxylic acids is 1. The predicted molar refractivity (Wildman–Crippen MR) is 93.5 cm³/mol. The molecule has 0 atom stereocenters. The van der Waals surface area contributed by atoms with E-state index in [1.54, 1.807) is 23.7 Å². The van der Waals surface area contributed by atoms with Crippen LogP contribution in [0.1, 0.15) is 17.1 Å². The number of aryl methyl sites for hydroxylation is 3. The van der Waals surface area contributed by atoms with E-state index >= 15 is 0 Å². The van der Waals surface area contributed by atoms with Crippen LogP contribution in [0.25, 0.3) is 10.9 Å². The highest BCUT2D eigenvalue weighted by atomic mass is 16.6. The molecule has 0 spiro atoms. The molecule has 2 aromatic heterocycles. The van der Waals surface area contributed by atoms with Gasteiger partial charge in [0.05, 0.1) is 21.8 Å². The number of rotatable bonds is 4. The lowest BCUT2D eigenvalue weighted by atomic mass is 10.1. The Balaban J connectivity index is 1.94. The zero-order valence-electron chi connectivity index (χ0n) is 14.1. The zero-order valence-corrected chi connectivity index (χ0v) is 14.1. The Bertz CT molecular complexity index is 993. The SMILES string of the molecule is Cc1cc(NC(=O)Cn2nc(C)cc2C)c2cc([N+](=O)[O-])ccc2n1. The van der Waals surface area contributed by atoms with Gasteiger partial charge in [-0.15, -0.1) is 0 Å². The molecule has 0 fully saturated rings. The number of aromatic nitrogens is 3. The molecule has 1 N–H and O–H groups in total. The zero-order chi connectivity index (χ0) is 18.1. The number of hydrogen-bond donors (Lipinski definition) is 1. The van der Waals surface area contributed by atoms with Crippen LogP contribution in [0.5, 0.6) is 0 Å². The molecule has 0 aliphatic heterocycles. The van der Waals surface area contributed by atoms with Crippen molar-refractivity contribution in [3.63, 3.8) is 0 Å². The maximum Gasteiger partial charge on any atom is 0.270 e. The van der Waals surface area contributed by atoms with Crippen LogP contribution in [0, 0.1) is 30.9 Å². The standard InChI is InChI=1S/C17H17N5O3/c1-10-7-16(14-8-13(22(24)25)4-5-15(14)18-10)19-17(23)9-21-12(3)6-11(2)20-21/h4-8H,9H2,1-3H3,(H,18,19,23). The van der Waals surface area contributed by atoms with Gasteiger partial charge < -0.3 is 5.32 Å². The molecule has 0 saturated heterocycles. The van der Waals surface area contributed by atoms with Crippen molar-refractivity contribution in [2.75, 3.05) is 5.32 Å². The van der Waals surface area contributed by atoms with E-state index < -0.39 is 4.92 Å². The third-order valence-corrected chi connectivity index (χ3v) is 3.80. The molecule has 25 heavy (non-hydrogen) atoms. The fourth-order valence-corrected chi connectivity index (χ4v) is 2.72. The number of nitrogens with zero attached hydrogens (tertiary/aromatic N) is 4. The van der Waals surface area contributed by atoms with Gasteiger partial charge in [0, 0.05) is 28.9 Å². The first-order valence-corrected chi connectivity index (χ1v) is 7.70. The molecule has 2 heterocycles. The van der Waals surface area contributed by atoms with Crippen molar-refractivity contribution in [1.82, 2.24) is 14.8 Å². The Kier molecular flexibility index (Phi) is 4.18. The fourth-order valence-electron chi connectivity index (χ4n) is 2.72.